The van der Waals surface area contributed by atoms with Gasteiger partial charge in [-0.1, -0.05) is 33.6 Å². The first-order chi connectivity index (χ1) is 15.5. The van der Waals surface area contributed by atoms with Gasteiger partial charge in [-0.25, -0.2) is 0 Å². The predicted octanol–water partition coefficient (Wildman–Crippen LogP) is 2.15. The number of nitrogens with one attached hydrogen (secondary N) is 4. The van der Waals surface area contributed by atoms with Gasteiger partial charge in [-0.05, 0) is 44.4 Å². The van der Waals surface area contributed by atoms with Crippen LogP contribution in [0.3, 0.4) is 0 Å². The van der Waals surface area contributed by atoms with E-state index in [1.54, 1.807) is 20.8 Å². The Bertz CT molecular complexity index is 812. The first-order valence-electron chi connectivity index (χ1n) is 11.6. The fourth-order valence-corrected chi connectivity index (χ4v) is 4.27. The highest BCUT2D eigenvalue weighted by Gasteiger charge is 2.41. The van der Waals surface area contributed by atoms with Gasteiger partial charge >= 0.3 is 6.18 Å². The van der Waals surface area contributed by atoms with E-state index < -0.39 is 54.0 Å². The van der Waals surface area contributed by atoms with E-state index in [2.05, 4.69) is 21.3 Å². The topological polar surface area (TPSA) is 123 Å². The van der Waals surface area contributed by atoms with E-state index in [4.69, 9.17) is 0 Å². The molecule has 0 spiro atoms. The molecule has 8 nitrogen and oxygen atoms in total. The monoisotopic (exact) mass is 487 g/mol. The van der Waals surface area contributed by atoms with E-state index in [-0.39, 0.29) is 23.8 Å². The van der Waals surface area contributed by atoms with Crippen LogP contribution in [0.15, 0.2) is 0 Å². The Morgan fingerprint density at radius 1 is 1.15 bits per heavy atom. The van der Waals surface area contributed by atoms with Gasteiger partial charge in [-0.15, -0.1) is 0 Å². The van der Waals surface area contributed by atoms with Crippen molar-refractivity contribution in [2.24, 2.45) is 17.3 Å². The van der Waals surface area contributed by atoms with Crippen LogP contribution in [0, 0.1) is 28.6 Å². The average Bonchev–Trinajstić information content (AvgIpc) is 3.43. The summed E-state index contributed by atoms with van der Waals surface area (Å²) in [5.74, 6) is -1.65. The molecule has 0 radical (unpaired) electrons. The Morgan fingerprint density at radius 3 is 2.21 bits per heavy atom. The number of alkyl halides is 3. The molecule has 1 aliphatic heterocycles. The highest BCUT2D eigenvalue weighted by atomic mass is 19.4. The number of hydrogen-bond donors (Lipinski definition) is 4. The van der Waals surface area contributed by atoms with E-state index in [1.807, 2.05) is 19.9 Å². The lowest BCUT2D eigenvalue weighted by Crippen LogP contribution is -2.58. The van der Waals surface area contributed by atoms with Gasteiger partial charge in [0.25, 0.3) is 0 Å². The average molecular weight is 488 g/mol. The molecule has 0 aromatic heterocycles. The van der Waals surface area contributed by atoms with E-state index in [0.717, 1.165) is 12.8 Å². The largest absolute Gasteiger partial charge is 0.401 e. The zero-order chi connectivity index (χ0) is 25.9. The Kier molecular flexibility index (Phi) is 8.62. The van der Waals surface area contributed by atoms with Gasteiger partial charge in [-0.3, -0.25) is 19.7 Å². The highest BCUT2D eigenvalue weighted by Crippen LogP contribution is 2.34. The Morgan fingerprint density at radius 2 is 1.76 bits per heavy atom. The fraction of sp³-hybridized carbons (Fsp3) is 0.826. The first-order valence-corrected chi connectivity index (χ1v) is 11.6. The van der Waals surface area contributed by atoms with E-state index in [9.17, 15) is 32.8 Å². The van der Waals surface area contributed by atoms with E-state index >= 15 is 0 Å². The van der Waals surface area contributed by atoms with Crippen LogP contribution in [0.1, 0.15) is 66.7 Å². The second-order valence-corrected chi connectivity index (χ2v) is 11.2. The van der Waals surface area contributed by atoms with Crippen LogP contribution in [-0.4, -0.2) is 54.1 Å². The molecule has 2 aliphatic rings. The summed E-state index contributed by atoms with van der Waals surface area (Å²) in [6, 6.07) is -1.09. The SMILES string of the molecule is CC1(C)CC(CC(C#N)NC(=O)C(CC2CC2)NC(=O)C(NCC(F)(F)F)C(C)(C)C)C(=O)N1. The number of halogens is 3. The van der Waals surface area contributed by atoms with Crippen molar-refractivity contribution in [1.82, 2.24) is 21.3 Å². The predicted molar refractivity (Wildman–Crippen MR) is 119 cm³/mol. The molecule has 2 fully saturated rings. The molecule has 4 unspecified atom stereocenters. The summed E-state index contributed by atoms with van der Waals surface area (Å²) in [6.45, 7) is 7.33. The lowest BCUT2D eigenvalue weighted by atomic mass is 9.85. The fourth-order valence-electron chi connectivity index (χ4n) is 4.27. The molecule has 2 rings (SSSR count). The van der Waals surface area contributed by atoms with Gasteiger partial charge in [0.05, 0.1) is 18.7 Å². The van der Waals surface area contributed by atoms with Gasteiger partial charge in [0, 0.05) is 11.5 Å². The van der Waals surface area contributed by atoms with Crippen LogP contribution in [0.4, 0.5) is 13.2 Å². The lowest BCUT2D eigenvalue weighted by molar-refractivity contribution is -0.137. The first kappa shape index (κ1) is 27.9. The summed E-state index contributed by atoms with van der Waals surface area (Å²) in [5, 5.41) is 19.9. The van der Waals surface area contributed by atoms with Gasteiger partial charge in [0.15, 0.2) is 0 Å². The summed E-state index contributed by atoms with van der Waals surface area (Å²) < 4.78 is 38.2. The number of hydrogen-bond acceptors (Lipinski definition) is 5. The molecule has 192 valence electrons. The normalized spacial score (nSPS) is 22.8. The van der Waals surface area contributed by atoms with Gasteiger partial charge in [0.1, 0.15) is 12.1 Å². The maximum absolute atomic E-state index is 13.0. The quantitative estimate of drug-likeness (QED) is 0.376. The molecule has 11 heteroatoms. The highest BCUT2D eigenvalue weighted by molar-refractivity contribution is 5.90. The molecule has 4 atom stereocenters. The van der Waals surface area contributed by atoms with Crippen LogP contribution in [0.5, 0.6) is 0 Å². The summed E-state index contributed by atoms with van der Waals surface area (Å²) in [5.41, 5.74) is -1.23. The second kappa shape index (κ2) is 10.5. The maximum Gasteiger partial charge on any atom is 0.401 e. The van der Waals surface area contributed by atoms with Crippen LogP contribution in [0.2, 0.25) is 0 Å². The van der Waals surface area contributed by atoms with E-state index in [0.29, 0.717) is 12.8 Å². The minimum absolute atomic E-state index is 0.138. The van der Waals surface area contributed by atoms with E-state index in [1.165, 1.54) is 0 Å². The van der Waals surface area contributed by atoms with Gasteiger partial charge in [0.2, 0.25) is 17.7 Å². The molecule has 4 N–H and O–H groups in total. The minimum Gasteiger partial charge on any atom is -0.351 e. The standard InChI is InChI=1S/C23H36F3N5O3/c1-21(2,3)17(28-12-23(24,25)26)20(34)30-16(8-13-6-7-13)19(33)29-15(11-27)9-14-10-22(4,5)31-18(14)32/h13-17,28H,6-10,12H2,1-5H3,(H,29,33)(H,30,34)(H,31,32). The summed E-state index contributed by atoms with van der Waals surface area (Å²) in [7, 11) is 0. The third kappa shape index (κ3) is 8.78. The number of amides is 3. The summed E-state index contributed by atoms with van der Waals surface area (Å²) in [6.07, 6.45) is -1.69. The zero-order valence-corrected chi connectivity index (χ0v) is 20.4. The van der Waals surface area contributed by atoms with Crippen molar-refractivity contribution in [1.29, 1.82) is 5.26 Å². The number of carbonyl (C=O) groups is 3. The van der Waals surface area contributed by atoms with Gasteiger partial charge in [-0.2, -0.15) is 18.4 Å². The van der Waals surface area contributed by atoms with Crippen molar-refractivity contribution in [3.05, 3.63) is 0 Å². The molecule has 1 heterocycles. The molecule has 1 aliphatic carbocycles. The number of nitriles is 1. The van der Waals surface area contributed by atoms with Crippen LogP contribution < -0.4 is 21.3 Å². The Balaban J connectivity index is 2.06. The molecule has 34 heavy (non-hydrogen) atoms. The molecule has 1 saturated heterocycles. The number of carbonyl (C=O) groups excluding carboxylic acids is 3. The number of rotatable bonds is 10. The molecular weight excluding hydrogens is 451 g/mol. The molecule has 0 bridgehead atoms. The number of nitrogens with zero attached hydrogens (tertiary/aromatic N) is 1. The molecule has 1 saturated carbocycles. The third-order valence-electron chi connectivity index (χ3n) is 6.12. The van der Waals surface area contributed by atoms with Crippen LogP contribution in [-0.2, 0) is 14.4 Å². The van der Waals surface area contributed by atoms with Crippen LogP contribution in [0.25, 0.3) is 0 Å². The zero-order valence-electron chi connectivity index (χ0n) is 20.4. The maximum atomic E-state index is 13.0. The van der Waals surface area contributed by atoms with Crippen molar-refractivity contribution in [3.8, 4) is 6.07 Å². The van der Waals surface area contributed by atoms with Crippen molar-refractivity contribution >= 4 is 17.7 Å². The lowest BCUT2D eigenvalue weighted by Gasteiger charge is -2.32. The van der Waals surface area contributed by atoms with Crippen molar-refractivity contribution in [3.63, 3.8) is 0 Å². The summed E-state index contributed by atoms with van der Waals surface area (Å²) >= 11 is 0. The Labute approximate surface area is 198 Å². The molecule has 3 amide bonds. The van der Waals surface area contributed by atoms with Crippen molar-refractivity contribution in [2.75, 3.05) is 6.54 Å². The smallest absolute Gasteiger partial charge is 0.351 e. The molecule has 0 aromatic carbocycles. The third-order valence-corrected chi connectivity index (χ3v) is 6.12. The molecular formula is C23H36F3N5O3. The second-order valence-electron chi connectivity index (χ2n) is 11.2. The molecule has 0 aromatic rings. The van der Waals surface area contributed by atoms with Crippen molar-refractivity contribution < 1.29 is 27.6 Å². The minimum atomic E-state index is -4.49. The van der Waals surface area contributed by atoms with Crippen molar-refractivity contribution in [2.45, 2.75) is 96.6 Å². The Hall–Kier alpha value is -2.35. The summed E-state index contributed by atoms with van der Waals surface area (Å²) in [4.78, 5) is 38.1. The van der Waals surface area contributed by atoms with Gasteiger partial charge < -0.3 is 16.0 Å². The van der Waals surface area contributed by atoms with Crippen LogP contribution >= 0.6 is 0 Å².